The Morgan fingerprint density at radius 1 is 1.35 bits per heavy atom. The topological polar surface area (TPSA) is 41.1 Å². The van der Waals surface area contributed by atoms with E-state index in [1.54, 1.807) is 0 Å². The summed E-state index contributed by atoms with van der Waals surface area (Å²) in [5.74, 6) is 0.103. The van der Waals surface area contributed by atoms with Crippen LogP contribution < -0.4 is 10.6 Å². The molecule has 1 aliphatic rings. The second-order valence-electron chi connectivity index (χ2n) is 4.86. The number of hydrogen-bond acceptors (Lipinski definition) is 2. The lowest BCUT2D eigenvalue weighted by Gasteiger charge is -2.14. The van der Waals surface area contributed by atoms with Crippen LogP contribution in [-0.4, -0.2) is 18.5 Å². The molecule has 2 N–H and O–H groups in total. The van der Waals surface area contributed by atoms with E-state index in [0.29, 0.717) is 12.6 Å². The summed E-state index contributed by atoms with van der Waals surface area (Å²) in [6.45, 7) is 4.55. The van der Waals surface area contributed by atoms with E-state index in [2.05, 4.69) is 48.7 Å². The highest BCUT2D eigenvalue weighted by atomic mass is 16.2. The number of nitrogens with one attached hydrogen (secondary N) is 2. The maximum absolute atomic E-state index is 11.5. The van der Waals surface area contributed by atoms with Crippen LogP contribution in [0.2, 0.25) is 0 Å². The molecule has 0 heterocycles. The Hall–Kier alpha value is -1.35. The molecule has 1 atom stereocenters. The molecule has 0 radical (unpaired) electrons. The Morgan fingerprint density at radius 2 is 2.00 bits per heavy atom. The van der Waals surface area contributed by atoms with Gasteiger partial charge in [-0.25, -0.2) is 0 Å². The summed E-state index contributed by atoms with van der Waals surface area (Å²) >= 11 is 0. The molecule has 2 rings (SSSR count). The summed E-state index contributed by atoms with van der Waals surface area (Å²) in [7, 11) is 0. The van der Waals surface area contributed by atoms with Crippen molar-refractivity contribution >= 4 is 5.91 Å². The van der Waals surface area contributed by atoms with Crippen molar-refractivity contribution in [2.24, 2.45) is 0 Å². The van der Waals surface area contributed by atoms with Gasteiger partial charge in [0, 0.05) is 12.1 Å². The number of rotatable bonds is 5. The molecule has 92 valence electrons. The van der Waals surface area contributed by atoms with E-state index in [9.17, 15) is 4.79 Å². The molecule has 1 fully saturated rings. The summed E-state index contributed by atoms with van der Waals surface area (Å²) in [5, 5.41) is 6.21. The van der Waals surface area contributed by atoms with Gasteiger partial charge in [0.15, 0.2) is 0 Å². The molecule has 1 aliphatic carbocycles. The van der Waals surface area contributed by atoms with Gasteiger partial charge < -0.3 is 10.6 Å². The first kappa shape index (κ1) is 12.1. The third-order valence-corrected chi connectivity index (χ3v) is 3.09. The highest BCUT2D eigenvalue weighted by Crippen LogP contribution is 2.18. The van der Waals surface area contributed by atoms with E-state index < -0.39 is 0 Å². The molecule has 1 unspecified atom stereocenters. The molecular weight excluding hydrogens is 212 g/mol. The number of carbonyl (C=O) groups excluding carboxylic acids is 1. The van der Waals surface area contributed by atoms with Crippen molar-refractivity contribution in [2.75, 3.05) is 6.54 Å². The van der Waals surface area contributed by atoms with Crippen LogP contribution in [0.15, 0.2) is 24.3 Å². The van der Waals surface area contributed by atoms with Gasteiger partial charge in [0.25, 0.3) is 0 Å². The summed E-state index contributed by atoms with van der Waals surface area (Å²) in [6.07, 6.45) is 2.28. The fourth-order valence-electron chi connectivity index (χ4n) is 1.73. The molecule has 1 aromatic carbocycles. The van der Waals surface area contributed by atoms with Gasteiger partial charge in [-0.05, 0) is 32.3 Å². The lowest BCUT2D eigenvalue weighted by atomic mass is 10.1. The molecule has 0 saturated heterocycles. The van der Waals surface area contributed by atoms with Crippen molar-refractivity contribution in [3.8, 4) is 0 Å². The molecule has 0 bridgehead atoms. The van der Waals surface area contributed by atoms with Gasteiger partial charge in [-0.15, -0.1) is 0 Å². The minimum Gasteiger partial charge on any atom is -0.352 e. The van der Waals surface area contributed by atoms with Crippen molar-refractivity contribution in [1.29, 1.82) is 0 Å². The molecule has 17 heavy (non-hydrogen) atoms. The second-order valence-corrected chi connectivity index (χ2v) is 4.86. The van der Waals surface area contributed by atoms with E-state index in [-0.39, 0.29) is 11.9 Å². The Morgan fingerprint density at radius 3 is 2.59 bits per heavy atom. The summed E-state index contributed by atoms with van der Waals surface area (Å²) < 4.78 is 0. The SMILES string of the molecule is Cc1ccc(C(C)NCC(=O)NC2CC2)cc1. The smallest absolute Gasteiger partial charge is 0.234 e. The van der Waals surface area contributed by atoms with E-state index in [1.165, 1.54) is 11.1 Å². The first-order valence-electron chi connectivity index (χ1n) is 6.24. The van der Waals surface area contributed by atoms with Gasteiger partial charge in [0.1, 0.15) is 0 Å². The van der Waals surface area contributed by atoms with Crippen LogP contribution in [0, 0.1) is 6.92 Å². The second kappa shape index (κ2) is 5.32. The average Bonchev–Trinajstić information content (AvgIpc) is 3.11. The zero-order valence-electron chi connectivity index (χ0n) is 10.5. The van der Waals surface area contributed by atoms with E-state index >= 15 is 0 Å². The molecular formula is C14H20N2O. The van der Waals surface area contributed by atoms with Crippen molar-refractivity contribution in [1.82, 2.24) is 10.6 Å². The maximum Gasteiger partial charge on any atom is 0.234 e. The monoisotopic (exact) mass is 232 g/mol. The van der Waals surface area contributed by atoms with Crippen LogP contribution >= 0.6 is 0 Å². The quantitative estimate of drug-likeness (QED) is 0.814. The summed E-state index contributed by atoms with van der Waals surface area (Å²) in [6, 6.07) is 9.05. The number of benzene rings is 1. The maximum atomic E-state index is 11.5. The Labute approximate surface area is 103 Å². The Balaban J connectivity index is 1.77. The largest absolute Gasteiger partial charge is 0.352 e. The molecule has 1 amide bonds. The van der Waals surface area contributed by atoms with Crippen molar-refractivity contribution in [3.05, 3.63) is 35.4 Å². The molecule has 0 aliphatic heterocycles. The van der Waals surface area contributed by atoms with Crippen LogP contribution in [0.25, 0.3) is 0 Å². The van der Waals surface area contributed by atoms with Crippen LogP contribution in [0.5, 0.6) is 0 Å². The number of hydrogen-bond donors (Lipinski definition) is 2. The summed E-state index contributed by atoms with van der Waals surface area (Å²) in [5.41, 5.74) is 2.47. The van der Waals surface area contributed by atoms with E-state index in [4.69, 9.17) is 0 Å². The predicted molar refractivity (Wildman–Crippen MR) is 68.8 cm³/mol. The van der Waals surface area contributed by atoms with Crippen LogP contribution in [-0.2, 0) is 4.79 Å². The fraction of sp³-hybridized carbons (Fsp3) is 0.500. The predicted octanol–water partition coefficient (Wildman–Crippen LogP) is 1.92. The van der Waals surface area contributed by atoms with Crippen molar-refractivity contribution < 1.29 is 4.79 Å². The lowest BCUT2D eigenvalue weighted by Crippen LogP contribution is -2.36. The van der Waals surface area contributed by atoms with Crippen LogP contribution in [0.1, 0.15) is 36.9 Å². The zero-order chi connectivity index (χ0) is 12.3. The first-order valence-corrected chi connectivity index (χ1v) is 6.24. The highest BCUT2D eigenvalue weighted by molar-refractivity contribution is 5.78. The van der Waals surface area contributed by atoms with E-state index in [0.717, 1.165) is 12.8 Å². The van der Waals surface area contributed by atoms with Gasteiger partial charge in [-0.1, -0.05) is 29.8 Å². The first-order chi connectivity index (χ1) is 8.15. The highest BCUT2D eigenvalue weighted by Gasteiger charge is 2.23. The van der Waals surface area contributed by atoms with Crippen LogP contribution in [0.4, 0.5) is 0 Å². The van der Waals surface area contributed by atoms with Gasteiger partial charge in [0.2, 0.25) is 5.91 Å². The van der Waals surface area contributed by atoms with Gasteiger partial charge >= 0.3 is 0 Å². The molecule has 0 aromatic heterocycles. The molecule has 1 aromatic rings. The number of carbonyl (C=O) groups is 1. The molecule has 1 saturated carbocycles. The third-order valence-electron chi connectivity index (χ3n) is 3.09. The molecule has 3 nitrogen and oxygen atoms in total. The fourth-order valence-corrected chi connectivity index (χ4v) is 1.73. The van der Waals surface area contributed by atoms with Crippen molar-refractivity contribution in [2.45, 2.75) is 38.8 Å². The Bertz CT molecular complexity index is 382. The van der Waals surface area contributed by atoms with Gasteiger partial charge in [-0.2, -0.15) is 0 Å². The number of aryl methyl sites for hydroxylation is 1. The van der Waals surface area contributed by atoms with Crippen molar-refractivity contribution in [3.63, 3.8) is 0 Å². The molecule has 0 spiro atoms. The van der Waals surface area contributed by atoms with Gasteiger partial charge in [-0.3, -0.25) is 4.79 Å². The van der Waals surface area contributed by atoms with Crippen LogP contribution in [0.3, 0.4) is 0 Å². The minimum atomic E-state index is 0.103. The summed E-state index contributed by atoms with van der Waals surface area (Å²) in [4.78, 5) is 11.5. The van der Waals surface area contributed by atoms with Gasteiger partial charge in [0.05, 0.1) is 6.54 Å². The number of amides is 1. The third kappa shape index (κ3) is 3.86. The zero-order valence-corrected chi connectivity index (χ0v) is 10.5. The lowest BCUT2D eigenvalue weighted by molar-refractivity contribution is -0.120. The Kier molecular flexibility index (Phi) is 3.79. The normalized spacial score (nSPS) is 16.6. The standard InChI is InChI=1S/C14H20N2O/c1-10-3-5-12(6-4-10)11(2)15-9-14(17)16-13-7-8-13/h3-6,11,13,15H,7-9H2,1-2H3,(H,16,17). The minimum absolute atomic E-state index is 0.103. The molecule has 3 heteroatoms. The van der Waals surface area contributed by atoms with E-state index in [1.807, 2.05) is 0 Å². The average molecular weight is 232 g/mol.